The molecule has 0 aromatic heterocycles. The Morgan fingerprint density at radius 2 is 2.00 bits per heavy atom. The van der Waals surface area contributed by atoms with Gasteiger partial charge >= 0.3 is 0 Å². The Hall–Kier alpha value is -2.73. The number of halogens is 1. The van der Waals surface area contributed by atoms with Crippen molar-refractivity contribution in [2.75, 3.05) is 20.8 Å². The largest absolute Gasteiger partial charge is 0.497 e. The molecule has 1 aliphatic heterocycles. The zero-order valence-electron chi connectivity index (χ0n) is 16.6. The summed E-state index contributed by atoms with van der Waals surface area (Å²) in [6, 6.07) is 12.5. The zero-order chi connectivity index (χ0) is 20.8. The van der Waals surface area contributed by atoms with Crippen LogP contribution in [0.5, 0.6) is 11.5 Å². The van der Waals surface area contributed by atoms with Crippen LogP contribution < -0.4 is 14.8 Å². The summed E-state index contributed by atoms with van der Waals surface area (Å²) in [4.78, 5) is 27.1. The molecule has 1 heterocycles. The van der Waals surface area contributed by atoms with Gasteiger partial charge in [-0.25, -0.2) is 0 Å². The molecule has 0 bridgehead atoms. The highest BCUT2D eigenvalue weighted by Crippen LogP contribution is 2.24. The molecular formula is C22H25ClN2O4. The van der Waals surface area contributed by atoms with E-state index >= 15 is 0 Å². The molecule has 2 aromatic rings. The number of nitrogens with one attached hydrogen (secondary N) is 1. The molecule has 7 heteroatoms. The number of benzene rings is 2. The van der Waals surface area contributed by atoms with E-state index in [1.54, 1.807) is 25.3 Å². The van der Waals surface area contributed by atoms with Crippen LogP contribution in [-0.2, 0) is 11.3 Å². The Labute approximate surface area is 175 Å². The minimum absolute atomic E-state index is 0.0813. The van der Waals surface area contributed by atoms with Gasteiger partial charge in [-0.3, -0.25) is 9.59 Å². The van der Waals surface area contributed by atoms with E-state index in [1.807, 2.05) is 29.2 Å². The minimum atomic E-state index is -0.225. The van der Waals surface area contributed by atoms with E-state index in [1.165, 1.54) is 7.11 Å². The van der Waals surface area contributed by atoms with Crippen molar-refractivity contribution in [3.05, 3.63) is 58.6 Å². The predicted molar refractivity (Wildman–Crippen MR) is 112 cm³/mol. The van der Waals surface area contributed by atoms with Crippen molar-refractivity contribution in [1.29, 1.82) is 0 Å². The van der Waals surface area contributed by atoms with Gasteiger partial charge in [-0.1, -0.05) is 23.7 Å². The Morgan fingerprint density at radius 1 is 1.17 bits per heavy atom. The molecule has 1 unspecified atom stereocenters. The lowest BCUT2D eigenvalue weighted by Crippen LogP contribution is -2.36. The number of hydrogen-bond acceptors (Lipinski definition) is 4. The second-order valence-electron chi connectivity index (χ2n) is 7.01. The standard InChI is InChI=1S/C22H25ClN2O4/c1-28-18-5-3-4-15(12-18)14-25-11-10-17(7-9-21(25)26)24-22(27)19-8-6-16(23)13-20(19)29-2/h3-6,8,12-13,17H,7,9-11,14H2,1-2H3,(H,24,27). The number of hydrogen-bond donors (Lipinski definition) is 1. The van der Waals surface area contributed by atoms with Gasteiger partial charge in [0.05, 0.1) is 19.8 Å². The summed E-state index contributed by atoms with van der Waals surface area (Å²) in [5.41, 5.74) is 1.45. The highest BCUT2D eigenvalue weighted by molar-refractivity contribution is 6.30. The lowest BCUT2D eigenvalue weighted by atomic mass is 10.1. The molecule has 1 fully saturated rings. The van der Waals surface area contributed by atoms with E-state index in [2.05, 4.69) is 5.32 Å². The molecule has 3 rings (SSSR count). The number of methoxy groups -OCH3 is 2. The van der Waals surface area contributed by atoms with Crippen molar-refractivity contribution < 1.29 is 19.1 Å². The van der Waals surface area contributed by atoms with Crippen LogP contribution in [0.2, 0.25) is 5.02 Å². The molecule has 1 N–H and O–H groups in total. The molecule has 0 saturated carbocycles. The maximum absolute atomic E-state index is 12.7. The molecule has 0 radical (unpaired) electrons. The molecule has 2 aromatic carbocycles. The lowest BCUT2D eigenvalue weighted by molar-refractivity contribution is -0.131. The van der Waals surface area contributed by atoms with Crippen LogP contribution in [0, 0.1) is 0 Å². The maximum Gasteiger partial charge on any atom is 0.255 e. The van der Waals surface area contributed by atoms with Crippen molar-refractivity contribution in [3.63, 3.8) is 0 Å². The SMILES string of the molecule is COc1cccc(CN2CCC(NC(=O)c3ccc(Cl)cc3OC)CCC2=O)c1. The summed E-state index contributed by atoms with van der Waals surface area (Å²) >= 11 is 5.97. The van der Waals surface area contributed by atoms with Crippen molar-refractivity contribution in [1.82, 2.24) is 10.2 Å². The second-order valence-corrected chi connectivity index (χ2v) is 7.45. The molecule has 154 valence electrons. The first kappa shape index (κ1) is 21.0. The molecule has 2 amide bonds. The first-order valence-corrected chi connectivity index (χ1v) is 9.93. The first-order valence-electron chi connectivity index (χ1n) is 9.55. The van der Waals surface area contributed by atoms with Crippen LogP contribution in [0.15, 0.2) is 42.5 Å². The summed E-state index contributed by atoms with van der Waals surface area (Å²) in [6.45, 7) is 1.11. The average molecular weight is 417 g/mol. The summed E-state index contributed by atoms with van der Waals surface area (Å²) in [5.74, 6) is 1.07. The first-order chi connectivity index (χ1) is 14.0. The molecule has 6 nitrogen and oxygen atoms in total. The average Bonchev–Trinajstić information content (AvgIpc) is 2.90. The maximum atomic E-state index is 12.7. The third kappa shape index (κ3) is 5.41. The number of amides is 2. The van der Waals surface area contributed by atoms with Crippen molar-refractivity contribution in [2.24, 2.45) is 0 Å². The van der Waals surface area contributed by atoms with Crippen molar-refractivity contribution in [2.45, 2.75) is 31.8 Å². The van der Waals surface area contributed by atoms with E-state index < -0.39 is 0 Å². The van der Waals surface area contributed by atoms with Gasteiger partial charge in [0.15, 0.2) is 0 Å². The molecule has 1 aliphatic rings. The molecular weight excluding hydrogens is 392 g/mol. The summed E-state index contributed by atoms with van der Waals surface area (Å²) < 4.78 is 10.5. The monoisotopic (exact) mass is 416 g/mol. The Morgan fingerprint density at radius 3 is 2.76 bits per heavy atom. The van der Waals surface area contributed by atoms with Crippen LogP contribution >= 0.6 is 11.6 Å². The number of carbonyl (C=O) groups is 2. The quantitative estimate of drug-likeness (QED) is 0.780. The predicted octanol–water partition coefficient (Wildman–Crippen LogP) is 3.67. The fourth-order valence-electron chi connectivity index (χ4n) is 3.46. The van der Waals surface area contributed by atoms with Gasteiger partial charge < -0.3 is 19.7 Å². The third-order valence-corrected chi connectivity index (χ3v) is 5.29. The van der Waals surface area contributed by atoms with E-state index in [0.717, 1.165) is 11.3 Å². The van der Waals surface area contributed by atoms with Gasteiger partial charge in [-0.2, -0.15) is 0 Å². The topological polar surface area (TPSA) is 67.9 Å². The molecule has 0 spiro atoms. The normalized spacial score (nSPS) is 16.9. The van der Waals surface area contributed by atoms with Crippen LogP contribution in [0.3, 0.4) is 0 Å². The Kier molecular flexibility index (Phi) is 6.99. The highest BCUT2D eigenvalue weighted by Gasteiger charge is 2.25. The van der Waals surface area contributed by atoms with Gasteiger partial charge in [0, 0.05) is 30.6 Å². The number of likely N-dealkylation sites (tertiary alicyclic amines) is 1. The lowest BCUT2D eigenvalue weighted by Gasteiger charge is -2.21. The number of carbonyl (C=O) groups excluding carboxylic acids is 2. The number of ether oxygens (including phenoxy) is 2. The van der Waals surface area contributed by atoms with Crippen LogP contribution in [0.1, 0.15) is 35.2 Å². The fraction of sp³-hybridized carbons (Fsp3) is 0.364. The summed E-state index contributed by atoms with van der Waals surface area (Å²) in [6.07, 6.45) is 1.69. The number of nitrogens with zero attached hydrogens (tertiary/aromatic N) is 1. The van der Waals surface area contributed by atoms with Gasteiger partial charge in [0.25, 0.3) is 5.91 Å². The molecule has 1 atom stereocenters. The van der Waals surface area contributed by atoms with Gasteiger partial charge in [-0.15, -0.1) is 0 Å². The second kappa shape index (κ2) is 9.65. The van der Waals surface area contributed by atoms with Crippen molar-refractivity contribution >= 4 is 23.4 Å². The Balaban J connectivity index is 1.63. The van der Waals surface area contributed by atoms with E-state index in [9.17, 15) is 9.59 Å². The van der Waals surface area contributed by atoms with Crippen LogP contribution in [0.4, 0.5) is 0 Å². The van der Waals surface area contributed by atoms with Crippen LogP contribution in [0.25, 0.3) is 0 Å². The van der Waals surface area contributed by atoms with Crippen LogP contribution in [-0.4, -0.2) is 43.5 Å². The van der Waals surface area contributed by atoms with Gasteiger partial charge in [0.1, 0.15) is 11.5 Å². The summed E-state index contributed by atoms with van der Waals surface area (Å²) in [7, 11) is 3.13. The molecule has 1 saturated heterocycles. The summed E-state index contributed by atoms with van der Waals surface area (Å²) in [5, 5.41) is 3.54. The fourth-order valence-corrected chi connectivity index (χ4v) is 3.62. The smallest absolute Gasteiger partial charge is 0.255 e. The zero-order valence-corrected chi connectivity index (χ0v) is 17.4. The minimum Gasteiger partial charge on any atom is -0.497 e. The number of rotatable bonds is 6. The highest BCUT2D eigenvalue weighted by atomic mass is 35.5. The Bertz CT molecular complexity index is 887. The van der Waals surface area contributed by atoms with E-state index in [4.69, 9.17) is 21.1 Å². The van der Waals surface area contributed by atoms with Gasteiger partial charge in [0.2, 0.25) is 5.91 Å². The van der Waals surface area contributed by atoms with Gasteiger partial charge in [-0.05, 0) is 48.7 Å². The van der Waals surface area contributed by atoms with Crippen molar-refractivity contribution in [3.8, 4) is 11.5 Å². The third-order valence-electron chi connectivity index (χ3n) is 5.06. The van der Waals surface area contributed by atoms with E-state index in [0.29, 0.717) is 48.7 Å². The van der Waals surface area contributed by atoms with E-state index in [-0.39, 0.29) is 17.9 Å². The molecule has 0 aliphatic carbocycles. The molecule has 29 heavy (non-hydrogen) atoms.